The van der Waals surface area contributed by atoms with Crippen molar-refractivity contribution in [3.63, 3.8) is 0 Å². The second-order valence-electron chi connectivity index (χ2n) is 7.56. The molecule has 0 aliphatic rings. The highest BCUT2D eigenvalue weighted by Crippen LogP contribution is 2.30. The van der Waals surface area contributed by atoms with Crippen LogP contribution < -0.4 is 16.6 Å². The number of nitrogen functional groups attached to an aromatic ring is 1. The van der Waals surface area contributed by atoms with Gasteiger partial charge >= 0.3 is 0 Å². The fraction of sp³-hybridized carbons (Fsp3) is 0.182. The van der Waals surface area contributed by atoms with Crippen LogP contribution in [0.25, 0.3) is 22.4 Å². The molecular weight excluding hydrogens is 440 g/mol. The molecule has 0 atom stereocenters. The summed E-state index contributed by atoms with van der Waals surface area (Å²) in [6.45, 7) is 3.28. The monoisotopic (exact) mass is 458 g/mol. The number of benzene rings is 2. The van der Waals surface area contributed by atoms with E-state index >= 15 is 4.39 Å². The van der Waals surface area contributed by atoms with E-state index < -0.39 is 51.8 Å². The molecular formula is C22H18F4N6O. The molecule has 0 saturated heterocycles. The number of anilines is 2. The van der Waals surface area contributed by atoms with Crippen molar-refractivity contribution < 1.29 is 17.6 Å². The molecule has 7 nitrogen and oxygen atoms in total. The molecule has 2 aromatic carbocycles. The molecule has 11 heteroatoms. The SMILES string of the molecule is CC(C)n1c(=O)c(-c2cc(F)c(NCc3ccc(F)cc3)c(F)c2F)nc2cnc(N)nc21. The van der Waals surface area contributed by atoms with Crippen LogP contribution >= 0.6 is 0 Å². The predicted octanol–water partition coefficient (Wildman–Crippen LogP) is 4.19. The number of rotatable bonds is 5. The Hall–Kier alpha value is -4.02. The maximum absolute atomic E-state index is 15.0. The van der Waals surface area contributed by atoms with Gasteiger partial charge in [-0.05, 0) is 37.6 Å². The van der Waals surface area contributed by atoms with Gasteiger partial charge in [0.15, 0.2) is 17.3 Å². The number of nitrogens with zero attached hydrogens (tertiary/aromatic N) is 4. The first kappa shape index (κ1) is 22.2. The van der Waals surface area contributed by atoms with Gasteiger partial charge < -0.3 is 11.1 Å². The van der Waals surface area contributed by atoms with Crippen molar-refractivity contribution in [2.24, 2.45) is 0 Å². The van der Waals surface area contributed by atoms with E-state index in [1.807, 2.05) is 0 Å². The van der Waals surface area contributed by atoms with Crippen LogP contribution in [0.3, 0.4) is 0 Å². The summed E-state index contributed by atoms with van der Waals surface area (Å²) in [5.74, 6) is -4.65. The van der Waals surface area contributed by atoms with Crippen molar-refractivity contribution in [2.45, 2.75) is 26.4 Å². The molecule has 0 aliphatic heterocycles. The highest BCUT2D eigenvalue weighted by atomic mass is 19.2. The van der Waals surface area contributed by atoms with Crippen LogP contribution in [0, 0.1) is 23.3 Å². The minimum Gasteiger partial charge on any atom is -0.376 e. The van der Waals surface area contributed by atoms with Crippen LogP contribution in [0.2, 0.25) is 0 Å². The zero-order valence-corrected chi connectivity index (χ0v) is 17.5. The Morgan fingerprint density at radius 2 is 1.76 bits per heavy atom. The van der Waals surface area contributed by atoms with Gasteiger partial charge in [0.05, 0.1) is 6.20 Å². The predicted molar refractivity (Wildman–Crippen MR) is 115 cm³/mol. The number of fused-ring (bicyclic) bond motifs is 1. The van der Waals surface area contributed by atoms with E-state index in [1.165, 1.54) is 35.0 Å². The summed E-state index contributed by atoms with van der Waals surface area (Å²) in [5, 5.41) is 2.47. The van der Waals surface area contributed by atoms with E-state index in [0.717, 1.165) is 0 Å². The quantitative estimate of drug-likeness (QED) is 0.344. The lowest BCUT2D eigenvalue weighted by Crippen LogP contribution is -2.26. The molecule has 2 heterocycles. The lowest BCUT2D eigenvalue weighted by molar-refractivity contribution is 0.500. The first-order valence-electron chi connectivity index (χ1n) is 9.88. The van der Waals surface area contributed by atoms with Crippen molar-refractivity contribution in [3.05, 3.63) is 75.7 Å². The highest BCUT2D eigenvalue weighted by molar-refractivity contribution is 5.75. The Balaban J connectivity index is 1.81. The van der Waals surface area contributed by atoms with E-state index in [9.17, 15) is 18.0 Å². The maximum Gasteiger partial charge on any atom is 0.279 e. The van der Waals surface area contributed by atoms with E-state index in [2.05, 4.69) is 20.3 Å². The molecule has 0 radical (unpaired) electrons. The van der Waals surface area contributed by atoms with E-state index in [4.69, 9.17) is 5.73 Å². The topological polar surface area (TPSA) is 98.7 Å². The van der Waals surface area contributed by atoms with Crippen LogP contribution in [0.5, 0.6) is 0 Å². The zero-order chi connectivity index (χ0) is 23.9. The number of nitrogens with two attached hydrogens (primary N) is 1. The summed E-state index contributed by atoms with van der Waals surface area (Å²) in [6, 6.07) is 5.48. The van der Waals surface area contributed by atoms with Crippen molar-refractivity contribution in [2.75, 3.05) is 11.1 Å². The van der Waals surface area contributed by atoms with Crippen LogP contribution in [0.4, 0.5) is 29.2 Å². The molecule has 0 unspecified atom stereocenters. The molecule has 33 heavy (non-hydrogen) atoms. The molecule has 0 saturated carbocycles. The molecule has 170 valence electrons. The first-order valence-corrected chi connectivity index (χ1v) is 9.88. The molecule has 2 aromatic heterocycles. The summed E-state index contributed by atoms with van der Waals surface area (Å²) in [5.41, 5.74) is 3.69. The van der Waals surface area contributed by atoms with Gasteiger partial charge in [-0.15, -0.1) is 0 Å². The molecule has 0 spiro atoms. The smallest absolute Gasteiger partial charge is 0.279 e. The van der Waals surface area contributed by atoms with E-state index in [-0.39, 0.29) is 23.7 Å². The maximum atomic E-state index is 15.0. The Morgan fingerprint density at radius 1 is 1.06 bits per heavy atom. The minimum absolute atomic E-state index is 0.0833. The molecule has 0 fully saturated rings. The first-order chi connectivity index (χ1) is 15.7. The standard InChI is InChI=1S/C22H18F4N6O/c1-10(2)32-20-15(9-29-22(27)31-20)30-18(21(32)33)13-7-14(24)19(17(26)16(13)25)28-8-11-3-5-12(23)6-4-11/h3-7,9-10,28H,8H2,1-2H3,(H2,27,29,31). The minimum atomic E-state index is -1.52. The number of aromatic nitrogens is 4. The molecule has 4 rings (SSSR count). The molecule has 0 aliphatic carbocycles. The largest absolute Gasteiger partial charge is 0.376 e. The zero-order valence-electron chi connectivity index (χ0n) is 17.5. The molecule has 4 aromatic rings. The van der Waals surface area contributed by atoms with E-state index in [1.54, 1.807) is 13.8 Å². The fourth-order valence-electron chi connectivity index (χ4n) is 3.39. The highest BCUT2D eigenvalue weighted by Gasteiger charge is 2.24. The second-order valence-corrected chi connectivity index (χ2v) is 7.56. The van der Waals surface area contributed by atoms with Crippen molar-refractivity contribution in [1.29, 1.82) is 0 Å². The third kappa shape index (κ3) is 4.09. The number of hydrogen-bond donors (Lipinski definition) is 2. The summed E-state index contributed by atoms with van der Waals surface area (Å²) in [6.07, 6.45) is 1.24. The second kappa shape index (κ2) is 8.49. The third-order valence-corrected chi connectivity index (χ3v) is 4.96. The van der Waals surface area contributed by atoms with Gasteiger partial charge in [-0.3, -0.25) is 9.36 Å². The Bertz CT molecular complexity index is 1420. The summed E-state index contributed by atoms with van der Waals surface area (Å²) >= 11 is 0. The summed E-state index contributed by atoms with van der Waals surface area (Å²) < 4.78 is 58.9. The lowest BCUT2D eigenvalue weighted by Gasteiger charge is -2.16. The average molecular weight is 458 g/mol. The van der Waals surface area contributed by atoms with Gasteiger partial charge in [-0.1, -0.05) is 12.1 Å². The van der Waals surface area contributed by atoms with Gasteiger partial charge in [-0.25, -0.2) is 27.5 Å². The van der Waals surface area contributed by atoms with Gasteiger partial charge in [0.1, 0.15) is 28.5 Å². The fourth-order valence-corrected chi connectivity index (χ4v) is 3.39. The molecule has 0 bridgehead atoms. The summed E-state index contributed by atoms with van der Waals surface area (Å²) in [7, 11) is 0. The van der Waals surface area contributed by atoms with Crippen LogP contribution in [0.15, 0.2) is 41.3 Å². The van der Waals surface area contributed by atoms with Crippen LogP contribution in [-0.2, 0) is 6.54 Å². The molecule has 0 amide bonds. The average Bonchev–Trinajstić information content (AvgIpc) is 2.77. The van der Waals surface area contributed by atoms with Gasteiger partial charge in [-0.2, -0.15) is 4.98 Å². The van der Waals surface area contributed by atoms with Crippen LogP contribution in [-0.4, -0.2) is 19.5 Å². The van der Waals surface area contributed by atoms with Crippen molar-refractivity contribution in [3.8, 4) is 11.3 Å². The van der Waals surface area contributed by atoms with Gasteiger partial charge in [0.25, 0.3) is 5.56 Å². The Labute approximate surface area is 184 Å². The van der Waals surface area contributed by atoms with Gasteiger partial charge in [0.2, 0.25) is 5.95 Å². The number of hydrogen-bond acceptors (Lipinski definition) is 6. The summed E-state index contributed by atoms with van der Waals surface area (Å²) in [4.78, 5) is 25.0. The normalized spacial score (nSPS) is 11.4. The van der Waals surface area contributed by atoms with Crippen molar-refractivity contribution >= 4 is 22.8 Å². The Morgan fingerprint density at radius 3 is 2.42 bits per heavy atom. The number of halogens is 4. The van der Waals surface area contributed by atoms with Crippen LogP contribution in [0.1, 0.15) is 25.5 Å². The van der Waals surface area contributed by atoms with Crippen molar-refractivity contribution in [1.82, 2.24) is 19.5 Å². The molecule has 3 N–H and O–H groups in total. The third-order valence-electron chi connectivity index (χ3n) is 4.96. The number of nitrogens with one attached hydrogen (secondary N) is 1. The lowest BCUT2D eigenvalue weighted by atomic mass is 10.1. The van der Waals surface area contributed by atoms with Gasteiger partial charge in [0, 0.05) is 18.2 Å². The van der Waals surface area contributed by atoms with E-state index in [0.29, 0.717) is 11.6 Å². The Kier molecular flexibility index (Phi) is 5.71.